The van der Waals surface area contributed by atoms with Crippen LogP contribution >= 0.6 is 0 Å². The van der Waals surface area contributed by atoms with Gasteiger partial charge in [0.2, 0.25) is 0 Å². The minimum atomic E-state index is -1.45. The van der Waals surface area contributed by atoms with Gasteiger partial charge in [-0.05, 0) is 32.0 Å². The molecule has 0 aliphatic carbocycles. The molecule has 3 atom stereocenters. The summed E-state index contributed by atoms with van der Waals surface area (Å²) in [6.45, 7) is 14.1. The lowest BCUT2D eigenvalue weighted by atomic mass is 10.0. The van der Waals surface area contributed by atoms with Gasteiger partial charge in [-0.15, -0.1) is 6.58 Å². The predicted molar refractivity (Wildman–Crippen MR) is 90.3 cm³/mol. The molecule has 0 aromatic heterocycles. The zero-order chi connectivity index (χ0) is 15.6. The van der Waals surface area contributed by atoms with Crippen LogP contribution in [0.3, 0.4) is 0 Å². The third-order valence-corrected chi connectivity index (χ3v) is 7.20. The Kier molecular flexibility index (Phi) is 5.52. The highest BCUT2D eigenvalue weighted by Gasteiger charge is 2.37. The normalized spacial score (nSPS) is 18.1. The average molecular weight is 311 g/mol. The van der Waals surface area contributed by atoms with Crippen LogP contribution in [0.4, 0.5) is 0 Å². The topological polar surface area (TPSA) is 37.3 Å². The SMILES string of the molecule is C=CC(C)(O)[C@H](C[Si](C)(C)C)S(=O)c1ccc(C)cc1. The fourth-order valence-electron chi connectivity index (χ4n) is 2.02. The Labute approximate surface area is 126 Å². The van der Waals surface area contributed by atoms with Gasteiger partial charge in [-0.25, -0.2) is 0 Å². The second-order valence-corrected chi connectivity index (χ2v) is 14.0. The fraction of sp³-hybridized carbons (Fsp3) is 0.500. The Morgan fingerprint density at radius 2 is 1.85 bits per heavy atom. The van der Waals surface area contributed by atoms with E-state index in [-0.39, 0.29) is 5.25 Å². The Balaban J connectivity index is 3.13. The molecule has 0 radical (unpaired) electrons. The number of rotatable bonds is 6. The summed E-state index contributed by atoms with van der Waals surface area (Å²) in [5.74, 6) is 0. The number of hydrogen-bond donors (Lipinski definition) is 1. The molecule has 0 saturated heterocycles. The molecule has 0 bridgehead atoms. The molecule has 0 aliphatic rings. The van der Waals surface area contributed by atoms with Crippen molar-refractivity contribution in [3.63, 3.8) is 0 Å². The van der Waals surface area contributed by atoms with Crippen molar-refractivity contribution in [2.75, 3.05) is 0 Å². The molecule has 0 aliphatic heterocycles. The van der Waals surface area contributed by atoms with Gasteiger partial charge in [-0.2, -0.15) is 0 Å². The molecule has 0 spiro atoms. The number of aliphatic hydroxyl groups is 1. The molecule has 1 aromatic carbocycles. The standard InChI is InChI=1S/C16H26O2SSi/c1-7-16(3,17)15(12-20(4,5)6)19(18)14-10-8-13(2)9-11-14/h7-11,15,17H,1,12H2,2-6H3/t15-,16?,19?/m0/s1. The van der Waals surface area contributed by atoms with Crippen molar-refractivity contribution >= 4 is 18.9 Å². The Hall–Kier alpha value is -0.713. The molecule has 20 heavy (non-hydrogen) atoms. The summed E-state index contributed by atoms with van der Waals surface area (Å²) in [5.41, 5.74) is 0.0266. The van der Waals surface area contributed by atoms with Gasteiger partial charge < -0.3 is 5.11 Å². The van der Waals surface area contributed by atoms with Gasteiger partial charge >= 0.3 is 0 Å². The zero-order valence-electron chi connectivity index (χ0n) is 13.1. The largest absolute Gasteiger partial charge is 0.385 e. The molecule has 1 rings (SSSR count). The van der Waals surface area contributed by atoms with E-state index < -0.39 is 24.5 Å². The molecule has 1 aromatic rings. The summed E-state index contributed by atoms with van der Waals surface area (Å²) < 4.78 is 12.9. The third-order valence-electron chi connectivity index (χ3n) is 3.37. The van der Waals surface area contributed by atoms with E-state index in [4.69, 9.17) is 0 Å². The lowest BCUT2D eigenvalue weighted by Gasteiger charge is -2.33. The van der Waals surface area contributed by atoms with Crippen LogP contribution < -0.4 is 0 Å². The average Bonchev–Trinajstić information content (AvgIpc) is 2.35. The van der Waals surface area contributed by atoms with Crippen LogP contribution in [0.2, 0.25) is 25.7 Å². The van der Waals surface area contributed by atoms with E-state index in [1.54, 1.807) is 6.92 Å². The molecule has 0 fully saturated rings. The van der Waals surface area contributed by atoms with Crippen molar-refractivity contribution in [3.8, 4) is 0 Å². The molecular weight excluding hydrogens is 284 g/mol. The second-order valence-electron chi connectivity index (χ2n) is 6.79. The van der Waals surface area contributed by atoms with Crippen molar-refractivity contribution in [2.24, 2.45) is 0 Å². The maximum absolute atomic E-state index is 12.9. The first kappa shape index (κ1) is 17.3. The van der Waals surface area contributed by atoms with Gasteiger partial charge in [-0.1, -0.05) is 43.4 Å². The van der Waals surface area contributed by atoms with Crippen LogP contribution in [0.15, 0.2) is 41.8 Å². The summed E-state index contributed by atoms with van der Waals surface area (Å²) in [4.78, 5) is 0.779. The van der Waals surface area contributed by atoms with Crippen LogP contribution in [-0.2, 0) is 10.8 Å². The van der Waals surface area contributed by atoms with Crippen LogP contribution in [0.1, 0.15) is 12.5 Å². The minimum Gasteiger partial charge on any atom is -0.385 e. The van der Waals surface area contributed by atoms with Crippen LogP contribution in [0, 0.1) is 6.92 Å². The Morgan fingerprint density at radius 1 is 1.35 bits per heavy atom. The van der Waals surface area contributed by atoms with Gasteiger partial charge in [0.05, 0.1) is 21.7 Å². The van der Waals surface area contributed by atoms with Crippen LogP contribution in [0.5, 0.6) is 0 Å². The van der Waals surface area contributed by atoms with Gasteiger partial charge in [-0.3, -0.25) is 4.21 Å². The maximum Gasteiger partial charge on any atom is 0.0940 e. The minimum absolute atomic E-state index is 0.311. The highest BCUT2D eigenvalue weighted by Crippen LogP contribution is 2.29. The van der Waals surface area contributed by atoms with Crippen molar-refractivity contribution in [2.45, 2.75) is 55.3 Å². The molecule has 0 saturated carbocycles. The molecular formula is C16H26O2SSi. The summed E-state index contributed by atoms with van der Waals surface area (Å²) >= 11 is 0. The Morgan fingerprint density at radius 3 is 2.25 bits per heavy atom. The van der Waals surface area contributed by atoms with Gasteiger partial charge in [0.15, 0.2) is 0 Å². The molecule has 1 N–H and O–H groups in total. The van der Waals surface area contributed by atoms with Crippen molar-refractivity contribution in [3.05, 3.63) is 42.5 Å². The lowest BCUT2D eigenvalue weighted by molar-refractivity contribution is 0.112. The summed E-state index contributed by atoms with van der Waals surface area (Å²) in [5, 5.41) is 10.2. The smallest absolute Gasteiger partial charge is 0.0940 e. The summed E-state index contributed by atoms with van der Waals surface area (Å²) in [6, 6.07) is 8.50. The third kappa shape index (κ3) is 4.68. The first-order valence-electron chi connectivity index (χ1n) is 6.90. The Bertz CT molecular complexity index is 486. The van der Waals surface area contributed by atoms with E-state index in [1.165, 1.54) is 6.08 Å². The zero-order valence-corrected chi connectivity index (χ0v) is 15.0. The fourth-order valence-corrected chi connectivity index (χ4v) is 6.92. The van der Waals surface area contributed by atoms with Crippen molar-refractivity contribution < 1.29 is 9.32 Å². The second kappa shape index (κ2) is 6.37. The van der Waals surface area contributed by atoms with Crippen molar-refractivity contribution in [1.82, 2.24) is 0 Å². The van der Waals surface area contributed by atoms with E-state index in [0.717, 1.165) is 16.5 Å². The molecule has 2 nitrogen and oxygen atoms in total. The highest BCUT2D eigenvalue weighted by molar-refractivity contribution is 7.86. The maximum atomic E-state index is 12.9. The highest BCUT2D eigenvalue weighted by atomic mass is 32.2. The van der Waals surface area contributed by atoms with Crippen LogP contribution in [-0.4, -0.2) is 28.2 Å². The molecule has 2 unspecified atom stereocenters. The monoisotopic (exact) mass is 310 g/mol. The number of benzene rings is 1. The number of hydrogen-bond acceptors (Lipinski definition) is 2. The first-order valence-corrected chi connectivity index (χ1v) is 11.8. The van der Waals surface area contributed by atoms with Crippen molar-refractivity contribution in [1.29, 1.82) is 0 Å². The van der Waals surface area contributed by atoms with Gasteiger partial charge in [0.25, 0.3) is 0 Å². The van der Waals surface area contributed by atoms with E-state index >= 15 is 0 Å². The molecule has 112 valence electrons. The summed E-state index contributed by atoms with van der Waals surface area (Å²) in [7, 11) is -2.69. The lowest BCUT2D eigenvalue weighted by Crippen LogP contribution is -2.44. The van der Waals surface area contributed by atoms with Gasteiger partial charge in [0.1, 0.15) is 0 Å². The molecule has 4 heteroatoms. The molecule has 0 amide bonds. The quantitative estimate of drug-likeness (QED) is 0.642. The first-order chi connectivity index (χ1) is 9.07. The molecule has 0 heterocycles. The van der Waals surface area contributed by atoms with E-state index in [2.05, 4.69) is 26.2 Å². The number of aryl methyl sites for hydroxylation is 1. The van der Waals surface area contributed by atoms with Gasteiger partial charge in [0, 0.05) is 13.0 Å². The predicted octanol–water partition coefficient (Wildman–Crippen LogP) is 3.75. The van der Waals surface area contributed by atoms with E-state index in [9.17, 15) is 9.32 Å². The van der Waals surface area contributed by atoms with E-state index in [0.29, 0.717) is 0 Å². The van der Waals surface area contributed by atoms with E-state index in [1.807, 2.05) is 31.2 Å². The summed E-state index contributed by atoms with van der Waals surface area (Å²) in [6.07, 6.45) is 1.52. The van der Waals surface area contributed by atoms with Crippen LogP contribution in [0.25, 0.3) is 0 Å².